The van der Waals surface area contributed by atoms with Crippen molar-refractivity contribution in [3.05, 3.63) is 34.9 Å². The van der Waals surface area contributed by atoms with Crippen molar-refractivity contribution in [2.24, 2.45) is 5.73 Å². The average Bonchev–Trinajstić information content (AvgIpc) is 2.23. The molecular formula is C15H26N2. The minimum atomic E-state index is 0.148. The first-order chi connectivity index (χ1) is 7.90. The lowest BCUT2D eigenvalue weighted by Gasteiger charge is -2.23. The van der Waals surface area contributed by atoms with Crippen molar-refractivity contribution in [1.82, 2.24) is 4.90 Å². The van der Waals surface area contributed by atoms with E-state index in [-0.39, 0.29) is 6.04 Å². The molecule has 0 saturated carbocycles. The number of benzene rings is 1. The van der Waals surface area contributed by atoms with E-state index in [0.717, 1.165) is 13.0 Å². The summed E-state index contributed by atoms with van der Waals surface area (Å²) in [5.74, 6) is 0. The van der Waals surface area contributed by atoms with Crippen LogP contribution in [0.3, 0.4) is 0 Å². The van der Waals surface area contributed by atoms with Crippen LogP contribution >= 0.6 is 0 Å². The highest BCUT2D eigenvalue weighted by Crippen LogP contribution is 2.18. The number of hydrogen-bond donors (Lipinski definition) is 1. The summed E-state index contributed by atoms with van der Waals surface area (Å²) in [6.45, 7) is 9.73. The van der Waals surface area contributed by atoms with Crippen LogP contribution in [0.4, 0.5) is 0 Å². The molecule has 0 saturated heterocycles. The summed E-state index contributed by atoms with van der Waals surface area (Å²) in [5.41, 5.74) is 10.1. The lowest BCUT2D eigenvalue weighted by Crippen LogP contribution is -2.29. The number of aryl methyl sites for hydroxylation is 2. The first-order valence-electron chi connectivity index (χ1n) is 6.44. The molecule has 1 rings (SSSR count). The number of nitrogens with two attached hydrogens (primary N) is 1. The third kappa shape index (κ3) is 4.49. The molecule has 1 atom stereocenters. The smallest absolute Gasteiger partial charge is 0.0307 e. The maximum Gasteiger partial charge on any atom is 0.0307 e. The summed E-state index contributed by atoms with van der Waals surface area (Å²) in [6, 6.07) is 7.33. The molecule has 0 bridgehead atoms. The fourth-order valence-corrected chi connectivity index (χ4v) is 1.99. The van der Waals surface area contributed by atoms with Crippen LogP contribution < -0.4 is 5.73 Å². The summed E-state index contributed by atoms with van der Waals surface area (Å²) in [6.07, 6.45) is 1.01. The molecule has 96 valence electrons. The van der Waals surface area contributed by atoms with Crippen LogP contribution in [0.15, 0.2) is 18.2 Å². The van der Waals surface area contributed by atoms with Gasteiger partial charge in [-0.2, -0.15) is 0 Å². The van der Waals surface area contributed by atoms with Gasteiger partial charge in [0.05, 0.1) is 0 Å². The monoisotopic (exact) mass is 234 g/mol. The van der Waals surface area contributed by atoms with Crippen LogP contribution in [-0.4, -0.2) is 24.5 Å². The van der Waals surface area contributed by atoms with E-state index in [2.05, 4.69) is 57.8 Å². The molecule has 0 aliphatic rings. The van der Waals surface area contributed by atoms with Gasteiger partial charge in [0.25, 0.3) is 0 Å². The van der Waals surface area contributed by atoms with E-state index in [4.69, 9.17) is 5.73 Å². The summed E-state index contributed by atoms with van der Waals surface area (Å²) >= 11 is 0. The molecule has 0 aliphatic heterocycles. The van der Waals surface area contributed by atoms with Crippen LogP contribution in [-0.2, 0) is 0 Å². The van der Waals surface area contributed by atoms with E-state index >= 15 is 0 Å². The Morgan fingerprint density at radius 2 is 1.65 bits per heavy atom. The zero-order chi connectivity index (χ0) is 13.0. The first kappa shape index (κ1) is 14.2. The fraction of sp³-hybridized carbons (Fsp3) is 0.600. The SMILES string of the molecule is Cc1cc(C)cc(C(N)CCN(C)C(C)C)c1. The molecule has 0 amide bonds. The predicted octanol–water partition coefficient (Wildman–Crippen LogP) is 3.03. The van der Waals surface area contributed by atoms with E-state index in [9.17, 15) is 0 Å². The second kappa shape index (κ2) is 6.18. The van der Waals surface area contributed by atoms with Gasteiger partial charge in [-0.1, -0.05) is 29.3 Å². The van der Waals surface area contributed by atoms with Gasteiger partial charge >= 0.3 is 0 Å². The van der Waals surface area contributed by atoms with Crippen molar-refractivity contribution in [2.75, 3.05) is 13.6 Å². The molecule has 2 N–H and O–H groups in total. The molecule has 1 aromatic rings. The van der Waals surface area contributed by atoms with E-state index in [0.29, 0.717) is 6.04 Å². The van der Waals surface area contributed by atoms with Gasteiger partial charge in [-0.15, -0.1) is 0 Å². The van der Waals surface area contributed by atoms with Crippen LogP contribution in [0.5, 0.6) is 0 Å². The van der Waals surface area contributed by atoms with Gasteiger partial charge in [-0.3, -0.25) is 0 Å². The Morgan fingerprint density at radius 3 is 2.12 bits per heavy atom. The summed E-state index contributed by atoms with van der Waals surface area (Å²) in [4.78, 5) is 2.34. The minimum Gasteiger partial charge on any atom is -0.324 e. The maximum atomic E-state index is 6.25. The molecule has 17 heavy (non-hydrogen) atoms. The highest BCUT2D eigenvalue weighted by Gasteiger charge is 2.10. The molecule has 1 unspecified atom stereocenters. The van der Waals surface area contributed by atoms with Gasteiger partial charge in [0.1, 0.15) is 0 Å². The molecule has 0 radical (unpaired) electrons. The van der Waals surface area contributed by atoms with Crippen LogP contribution in [0, 0.1) is 13.8 Å². The summed E-state index contributed by atoms with van der Waals surface area (Å²) < 4.78 is 0. The Kier molecular flexibility index (Phi) is 5.16. The Balaban J connectivity index is 2.60. The Bertz CT molecular complexity index is 338. The van der Waals surface area contributed by atoms with Gasteiger partial charge in [0.2, 0.25) is 0 Å². The molecule has 0 fully saturated rings. The van der Waals surface area contributed by atoms with Crippen molar-refractivity contribution in [1.29, 1.82) is 0 Å². The van der Waals surface area contributed by atoms with Gasteiger partial charge in [-0.05, 0) is 53.3 Å². The maximum absolute atomic E-state index is 6.25. The van der Waals surface area contributed by atoms with E-state index in [1.807, 2.05) is 0 Å². The molecule has 0 heterocycles. The molecular weight excluding hydrogens is 208 g/mol. The molecule has 0 spiro atoms. The number of rotatable bonds is 5. The van der Waals surface area contributed by atoms with Crippen molar-refractivity contribution in [3.63, 3.8) is 0 Å². The van der Waals surface area contributed by atoms with Gasteiger partial charge in [-0.25, -0.2) is 0 Å². The van der Waals surface area contributed by atoms with Gasteiger partial charge in [0.15, 0.2) is 0 Å². The lowest BCUT2D eigenvalue weighted by molar-refractivity contribution is 0.263. The molecule has 0 aliphatic carbocycles. The highest BCUT2D eigenvalue weighted by molar-refractivity contribution is 5.30. The fourth-order valence-electron chi connectivity index (χ4n) is 1.99. The zero-order valence-electron chi connectivity index (χ0n) is 11.8. The molecule has 0 aromatic heterocycles. The van der Waals surface area contributed by atoms with Crippen LogP contribution in [0.2, 0.25) is 0 Å². The van der Waals surface area contributed by atoms with Crippen molar-refractivity contribution >= 4 is 0 Å². The normalized spacial score (nSPS) is 13.4. The van der Waals surface area contributed by atoms with Crippen molar-refractivity contribution < 1.29 is 0 Å². The molecule has 2 heteroatoms. The van der Waals surface area contributed by atoms with E-state index < -0.39 is 0 Å². The Morgan fingerprint density at radius 1 is 1.12 bits per heavy atom. The van der Waals surface area contributed by atoms with Crippen molar-refractivity contribution in [2.45, 2.75) is 46.2 Å². The third-order valence-corrected chi connectivity index (χ3v) is 3.35. The lowest BCUT2D eigenvalue weighted by atomic mass is 9.99. The van der Waals surface area contributed by atoms with Gasteiger partial charge < -0.3 is 10.6 Å². The van der Waals surface area contributed by atoms with Crippen molar-refractivity contribution in [3.8, 4) is 0 Å². The second-order valence-electron chi connectivity index (χ2n) is 5.39. The largest absolute Gasteiger partial charge is 0.324 e. The minimum absolute atomic E-state index is 0.148. The second-order valence-corrected chi connectivity index (χ2v) is 5.39. The number of nitrogens with zero attached hydrogens (tertiary/aromatic N) is 1. The van der Waals surface area contributed by atoms with Gasteiger partial charge in [0, 0.05) is 12.1 Å². The quantitative estimate of drug-likeness (QED) is 0.848. The summed E-state index contributed by atoms with van der Waals surface area (Å²) in [5, 5.41) is 0. The van der Waals surface area contributed by atoms with Crippen LogP contribution in [0.1, 0.15) is 43.0 Å². The number of hydrogen-bond acceptors (Lipinski definition) is 2. The Hall–Kier alpha value is -0.860. The van der Waals surface area contributed by atoms with E-state index in [1.165, 1.54) is 16.7 Å². The zero-order valence-corrected chi connectivity index (χ0v) is 11.8. The first-order valence-corrected chi connectivity index (χ1v) is 6.44. The third-order valence-electron chi connectivity index (χ3n) is 3.35. The average molecular weight is 234 g/mol. The predicted molar refractivity (Wildman–Crippen MR) is 75.2 cm³/mol. The standard InChI is InChI=1S/C15H26N2/c1-11(2)17(5)7-6-15(16)14-9-12(3)8-13(4)10-14/h8-11,15H,6-7,16H2,1-5H3. The molecule has 2 nitrogen and oxygen atoms in total. The summed E-state index contributed by atoms with van der Waals surface area (Å²) in [7, 11) is 2.15. The highest BCUT2D eigenvalue weighted by atomic mass is 15.1. The molecule has 1 aromatic carbocycles. The van der Waals surface area contributed by atoms with E-state index in [1.54, 1.807) is 0 Å². The topological polar surface area (TPSA) is 29.3 Å². The van der Waals surface area contributed by atoms with Crippen LogP contribution in [0.25, 0.3) is 0 Å². The Labute approximate surface area is 106 Å².